The number of halogens is 1. The Balaban J connectivity index is 2.39. The molecule has 0 aliphatic rings. The smallest absolute Gasteiger partial charge is 0.267 e. The first-order valence-electron chi connectivity index (χ1n) is 5.50. The molecule has 0 amide bonds. The van der Waals surface area contributed by atoms with Crippen LogP contribution in [-0.2, 0) is 0 Å². The Morgan fingerprint density at radius 1 is 0.889 bits per heavy atom. The molecule has 3 nitrogen and oxygen atoms in total. The summed E-state index contributed by atoms with van der Waals surface area (Å²) in [7, 11) is 0. The van der Waals surface area contributed by atoms with E-state index in [1.54, 1.807) is 0 Å². The second kappa shape index (κ2) is 4.38. The lowest BCUT2D eigenvalue weighted by Gasteiger charge is -2.07. The van der Waals surface area contributed by atoms with Gasteiger partial charge in [-0.2, -0.15) is 9.78 Å². The van der Waals surface area contributed by atoms with Gasteiger partial charge in [0.05, 0.1) is 11.1 Å². The lowest BCUT2D eigenvalue weighted by molar-refractivity contribution is 0.809. The summed E-state index contributed by atoms with van der Waals surface area (Å²) in [6, 6.07) is 16.8. The SMILES string of the molecule is O=c1c2ccccc2c(Br)nn1-c1ccccc1. The second-order valence-corrected chi connectivity index (χ2v) is 4.64. The van der Waals surface area contributed by atoms with E-state index in [0.717, 1.165) is 11.1 Å². The summed E-state index contributed by atoms with van der Waals surface area (Å²) in [6.45, 7) is 0. The van der Waals surface area contributed by atoms with Gasteiger partial charge in [-0.25, -0.2) is 0 Å². The number of hydrogen-bond acceptors (Lipinski definition) is 2. The van der Waals surface area contributed by atoms with Gasteiger partial charge in [0.1, 0.15) is 4.60 Å². The molecule has 1 aromatic heterocycles. The molecule has 88 valence electrons. The molecule has 0 spiro atoms. The highest BCUT2D eigenvalue weighted by atomic mass is 79.9. The number of rotatable bonds is 1. The van der Waals surface area contributed by atoms with E-state index in [2.05, 4.69) is 21.0 Å². The van der Waals surface area contributed by atoms with Crippen LogP contribution in [0.3, 0.4) is 0 Å². The zero-order valence-corrected chi connectivity index (χ0v) is 11.0. The minimum atomic E-state index is -0.111. The molecule has 0 radical (unpaired) electrons. The van der Waals surface area contributed by atoms with Crippen LogP contribution < -0.4 is 5.56 Å². The van der Waals surface area contributed by atoms with Crippen molar-refractivity contribution in [1.82, 2.24) is 9.78 Å². The summed E-state index contributed by atoms with van der Waals surface area (Å²) in [6.07, 6.45) is 0. The van der Waals surface area contributed by atoms with Crippen molar-refractivity contribution < 1.29 is 0 Å². The Kier molecular flexibility index (Phi) is 2.72. The van der Waals surface area contributed by atoms with Gasteiger partial charge in [-0.1, -0.05) is 36.4 Å². The van der Waals surface area contributed by atoms with Crippen LogP contribution in [0.2, 0.25) is 0 Å². The third kappa shape index (κ3) is 1.75. The van der Waals surface area contributed by atoms with Crippen LogP contribution in [0.4, 0.5) is 0 Å². The van der Waals surface area contributed by atoms with Gasteiger partial charge in [-0.15, -0.1) is 0 Å². The van der Waals surface area contributed by atoms with Crippen molar-refractivity contribution in [2.24, 2.45) is 0 Å². The first-order valence-corrected chi connectivity index (χ1v) is 6.29. The number of benzene rings is 2. The van der Waals surface area contributed by atoms with E-state index in [0.29, 0.717) is 9.99 Å². The van der Waals surface area contributed by atoms with Crippen molar-refractivity contribution in [2.75, 3.05) is 0 Å². The summed E-state index contributed by atoms with van der Waals surface area (Å²) >= 11 is 3.41. The highest BCUT2D eigenvalue weighted by Gasteiger charge is 2.08. The quantitative estimate of drug-likeness (QED) is 0.692. The van der Waals surface area contributed by atoms with Gasteiger partial charge in [0.2, 0.25) is 0 Å². The first kappa shape index (κ1) is 11.2. The second-order valence-electron chi connectivity index (χ2n) is 3.89. The Morgan fingerprint density at radius 2 is 1.50 bits per heavy atom. The molecule has 3 aromatic rings. The molecule has 0 saturated carbocycles. The molecule has 0 fully saturated rings. The van der Waals surface area contributed by atoms with E-state index in [4.69, 9.17) is 0 Å². The van der Waals surface area contributed by atoms with Crippen molar-refractivity contribution in [3.8, 4) is 5.69 Å². The van der Waals surface area contributed by atoms with Gasteiger partial charge < -0.3 is 0 Å². The van der Waals surface area contributed by atoms with Gasteiger partial charge in [-0.05, 0) is 34.1 Å². The molecule has 0 atom stereocenters. The predicted octanol–water partition coefficient (Wildman–Crippen LogP) is 3.15. The molecule has 0 aliphatic heterocycles. The van der Waals surface area contributed by atoms with Gasteiger partial charge in [0.15, 0.2) is 0 Å². The summed E-state index contributed by atoms with van der Waals surface area (Å²) in [5, 5.41) is 5.78. The van der Waals surface area contributed by atoms with Gasteiger partial charge in [0, 0.05) is 5.39 Å². The lowest BCUT2D eigenvalue weighted by Crippen LogP contribution is -2.21. The third-order valence-electron chi connectivity index (χ3n) is 2.76. The minimum absolute atomic E-state index is 0.111. The molecule has 0 saturated heterocycles. The largest absolute Gasteiger partial charge is 0.279 e. The minimum Gasteiger partial charge on any atom is -0.267 e. The van der Waals surface area contributed by atoms with Gasteiger partial charge >= 0.3 is 0 Å². The van der Waals surface area contributed by atoms with Crippen molar-refractivity contribution in [3.63, 3.8) is 0 Å². The molecule has 0 aliphatic carbocycles. The number of hydrogen-bond donors (Lipinski definition) is 0. The average molecular weight is 301 g/mol. The third-order valence-corrected chi connectivity index (χ3v) is 3.35. The molecule has 3 rings (SSSR count). The average Bonchev–Trinajstić information content (AvgIpc) is 2.44. The number of aromatic nitrogens is 2. The molecule has 2 aromatic carbocycles. The Hall–Kier alpha value is -1.94. The fraction of sp³-hybridized carbons (Fsp3) is 0. The molecule has 4 heteroatoms. The Labute approximate surface area is 112 Å². The molecule has 18 heavy (non-hydrogen) atoms. The molecule has 1 heterocycles. The lowest BCUT2D eigenvalue weighted by atomic mass is 10.2. The Bertz CT molecular complexity index is 766. The monoisotopic (exact) mass is 300 g/mol. The maximum atomic E-state index is 12.4. The fourth-order valence-corrected chi connectivity index (χ4v) is 2.40. The number of nitrogens with zero attached hydrogens (tertiary/aromatic N) is 2. The fourth-order valence-electron chi connectivity index (χ4n) is 1.89. The Morgan fingerprint density at radius 3 is 2.22 bits per heavy atom. The topological polar surface area (TPSA) is 34.9 Å². The van der Waals surface area contributed by atoms with E-state index in [1.165, 1.54) is 4.68 Å². The van der Waals surface area contributed by atoms with Crippen LogP contribution in [0.1, 0.15) is 0 Å². The van der Waals surface area contributed by atoms with E-state index >= 15 is 0 Å². The number of fused-ring (bicyclic) bond motifs is 1. The molecular weight excluding hydrogens is 292 g/mol. The molecule has 0 N–H and O–H groups in total. The van der Waals surface area contributed by atoms with Gasteiger partial charge in [-0.3, -0.25) is 4.79 Å². The molecular formula is C14H9BrN2O. The van der Waals surface area contributed by atoms with Crippen molar-refractivity contribution >= 4 is 26.7 Å². The maximum Gasteiger partial charge on any atom is 0.279 e. The highest BCUT2D eigenvalue weighted by molar-refractivity contribution is 9.10. The summed E-state index contributed by atoms with van der Waals surface area (Å²) in [4.78, 5) is 12.4. The summed E-state index contributed by atoms with van der Waals surface area (Å²) in [5.74, 6) is 0. The summed E-state index contributed by atoms with van der Waals surface area (Å²) in [5.41, 5.74) is 0.647. The predicted molar refractivity (Wildman–Crippen MR) is 75.0 cm³/mol. The standard InChI is InChI=1S/C14H9BrN2O/c15-13-11-8-4-5-9-12(11)14(18)17(16-13)10-6-2-1-3-7-10/h1-9H. The highest BCUT2D eigenvalue weighted by Crippen LogP contribution is 2.19. The van der Waals surface area contributed by atoms with E-state index in [-0.39, 0.29) is 5.56 Å². The summed E-state index contributed by atoms with van der Waals surface area (Å²) < 4.78 is 2.08. The van der Waals surface area contributed by atoms with Crippen LogP contribution in [0.15, 0.2) is 64.0 Å². The van der Waals surface area contributed by atoms with Crippen LogP contribution in [0, 0.1) is 0 Å². The van der Waals surface area contributed by atoms with Crippen LogP contribution in [0.5, 0.6) is 0 Å². The van der Waals surface area contributed by atoms with Crippen LogP contribution >= 0.6 is 15.9 Å². The van der Waals surface area contributed by atoms with Crippen LogP contribution in [0.25, 0.3) is 16.5 Å². The van der Waals surface area contributed by atoms with E-state index < -0.39 is 0 Å². The van der Waals surface area contributed by atoms with E-state index in [1.807, 2.05) is 54.6 Å². The van der Waals surface area contributed by atoms with Crippen molar-refractivity contribution in [3.05, 3.63) is 69.6 Å². The van der Waals surface area contributed by atoms with Crippen molar-refractivity contribution in [1.29, 1.82) is 0 Å². The zero-order valence-electron chi connectivity index (χ0n) is 9.38. The molecule has 0 bridgehead atoms. The van der Waals surface area contributed by atoms with Crippen molar-refractivity contribution in [2.45, 2.75) is 0 Å². The van der Waals surface area contributed by atoms with E-state index in [9.17, 15) is 4.79 Å². The zero-order chi connectivity index (χ0) is 12.5. The molecule has 0 unspecified atom stereocenters. The van der Waals surface area contributed by atoms with Gasteiger partial charge in [0.25, 0.3) is 5.56 Å². The maximum absolute atomic E-state index is 12.4. The first-order chi connectivity index (χ1) is 8.77. The normalized spacial score (nSPS) is 10.7. The number of para-hydroxylation sites is 1. The van der Waals surface area contributed by atoms with Crippen LogP contribution in [-0.4, -0.2) is 9.78 Å².